The van der Waals surface area contributed by atoms with Crippen molar-refractivity contribution < 1.29 is 28.3 Å². The van der Waals surface area contributed by atoms with E-state index in [1.165, 1.54) is 24.2 Å². The number of piperidine rings is 1. The van der Waals surface area contributed by atoms with E-state index in [1.807, 2.05) is 0 Å². The highest BCUT2D eigenvalue weighted by atomic mass is 35.5. The van der Waals surface area contributed by atoms with Crippen LogP contribution in [0.5, 0.6) is 11.5 Å². The third-order valence-electron chi connectivity index (χ3n) is 6.78. The van der Waals surface area contributed by atoms with Crippen LogP contribution < -0.4 is 19.7 Å². The number of para-hydroxylation sites is 1. The molecule has 3 heterocycles. The zero-order valence-corrected chi connectivity index (χ0v) is 22.2. The van der Waals surface area contributed by atoms with Gasteiger partial charge in [-0.3, -0.25) is 19.3 Å². The number of hydrogen-bond acceptors (Lipinski definition) is 7. The highest BCUT2D eigenvalue weighted by Crippen LogP contribution is 2.34. The monoisotopic (exact) mass is 551 g/mol. The summed E-state index contributed by atoms with van der Waals surface area (Å²) in [4.78, 5) is 42.0. The van der Waals surface area contributed by atoms with E-state index in [2.05, 4.69) is 10.2 Å². The fraction of sp³-hybridized carbons (Fsp3) is 0.345. The van der Waals surface area contributed by atoms with Crippen molar-refractivity contribution in [2.24, 2.45) is 0 Å². The summed E-state index contributed by atoms with van der Waals surface area (Å²) in [7, 11) is 0. The quantitative estimate of drug-likeness (QED) is 0.374. The van der Waals surface area contributed by atoms with Crippen molar-refractivity contribution >= 4 is 34.9 Å². The van der Waals surface area contributed by atoms with E-state index < -0.39 is 0 Å². The normalized spacial score (nSPS) is 15.4. The van der Waals surface area contributed by atoms with Gasteiger partial charge in [-0.2, -0.15) is 0 Å². The average molecular weight is 552 g/mol. The number of ether oxygens (including phenoxy) is 2. The molecule has 1 aromatic heterocycles. The molecule has 1 saturated heterocycles. The first-order valence-corrected chi connectivity index (χ1v) is 13.4. The predicted octanol–water partition coefficient (Wildman–Crippen LogP) is 4.34. The molecule has 2 aromatic carbocycles. The van der Waals surface area contributed by atoms with E-state index in [0.29, 0.717) is 40.1 Å². The second-order valence-electron chi connectivity index (χ2n) is 9.52. The van der Waals surface area contributed by atoms with Gasteiger partial charge < -0.3 is 24.1 Å². The van der Waals surface area contributed by atoms with Gasteiger partial charge in [-0.15, -0.1) is 0 Å². The smallest absolute Gasteiger partial charge is 0.287 e. The highest BCUT2D eigenvalue weighted by Gasteiger charge is 2.28. The highest BCUT2D eigenvalue weighted by molar-refractivity contribution is 6.32. The minimum atomic E-state index is -0.293. The first-order chi connectivity index (χ1) is 19.0. The van der Waals surface area contributed by atoms with Gasteiger partial charge in [0, 0.05) is 18.7 Å². The Kier molecular flexibility index (Phi) is 8.48. The molecule has 3 aromatic rings. The number of hydrogen-bond donors (Lipinski definition) is 1. The minimum absolute atomic E-state index is 0.0873. The van der Waals surface area contributed by atoms with E-state index in [0.717, 1.165) is 19.6 Å². The molecule has 0 spiro atoms. The Hall–Kier alpha value is -3.82. The van der Waals surface area contributed by atoms with Gasteiger partial charge in [0.25, 0.3) is 11.8 Å². The van der Waals surface area contributed by atoms with E-state index in [4.69, 9.17) is 25.5 Å². The molecule has 10 heteroatoms. The summed E-state index contributed by atoms with van der Waals surface area (Å²) in [6.45, 7) is 3.22. The standard InChI is InChI=1S/C29H30ClN3O6/c30-22-6-2-3-7-25(22)37-18-24(34)20-8-10-26-23(16-20)33(28(35)19-38-26)17-21-9-11-27(39-21)29(36)31-12-15-32-13-4-1-5-14-32/h2-3,6-11,16H,1,4-5,12-15,17-19H2,(H,31,36). The fourth-order valence-corrected chi connectivity index (χ4v) is 4.87. The number of amides is 2. The summed E-state index contributed by atoms with van der Waals surface area (Å²) in [5.74, 6) is 0.649. The fourth-order valence-electron chi connectivity index (χ4n) is 4.68. The van der Waals surface area contributed by atoms with E-state index in [9.17, 15) is 14.4 Å². The van der Waals surface area contributed by atoms with Crippen molar-refractivity contribution in [1.82, 2.24) is 10.2 Å². The maximum atomic E-state index is 12.8. The lowest BCUT2D eigenvalue weighted by molar-refractivity contribution is -0.121. The van der Waals surface area contributed by atoms with Gasteiger partial charge in [0.15, 0.2) is 24.8 Å². The van der Waals surface area contributed by atoms with Gasteiger partial charge in [0.1, 0.15) is 17.3 Å². The summed E-state index contributed by atoms with van der Waals surface area (Å²) >= 11 is 6.11. The minimum Gasteiger partial charge on any atom is -0.484 e. The number of halogens is 1. The molecule has 9 nitrogen and oxygen atoms in total. The van der Waals surface area contributed by atoms with Gasteiger partial charge in [-0.05, 0) is 68.4 Å². The van der Waals surface area contributed by atoms with Crippen LogP contribution in [0.15, 0.2) is 59.0 Å². The van der Waals surface area contributed by atoms with Crippen molar-refractivity contribution in [2.75, 3.05) is 44.3 Å². The Morgan fingerprint density at radius 3 is 2.67 bits per heavy atom. The Bertz CT molecular complexity index is 1350. The number of nitrogens with zero attached hydrogens (tertiary/aromatic N) is 2. The summed E-state index contributed by atoms with van der Waals surface area (Å²) in [6.07, 6.45) is 3.67. The van der Waals surface area contributed by atoms with Crippen molar-refractivity contribution in [2.45, 2.75) is 25.8 Å². The number of carbonyl (C=O) groups excluding carboxylic acids is 3. The topological polar surface area (TPSA) is 101 Å². The van der Waals surface area contributed by atoms with E-state index in [1.54, 1.807) is 54.6 Å². The number of likely N-dealkylation sites (tertiary alicyclic amines) is 1. The predicted molar refractivity (Wildman–Crippen MR) is 146 cm³/mol. The van der Waals surface area contributed by atoms with Crippen LogP contribution in [0, 0.1) is 0 Å². The zero-order valence-electron chi connectivity index (χ0n) is 21.5. The number of ketones is 1. The maximum absolute atomic E-state index is 12.8. The van der Waals surface area contributed by atoms with Gasteiger partial charge in [-0.25, -0.2) is 0 Å². The molecule has 0 atom stereocenters. The van der Waals surface area contributed by atoms with Gasteiger partial charge in [-0.1, -0.05) is 30.2 Å². The van der Waals surface area contributed by atoms with Crippen LogP contribution in [0.1, 0.15) is 45.9 Å². The second-order valence-corrected chi connectivity index (χ2v) is 9.92. The largest absolute Gasteiger partial charge is 0.484 e. The molecule has 1 N–H and O–H groups in total. The van der Waals surface area contributed by atoms with Crippen LogP contribution >= 0.6 is 11.6 Å². The van der Waals surface area contributed by atoms with Crippen molar-refractivity contribution in [3.05, 3.63) is 76.7 Å². The van der Waals surface area contributed by atoms with Crippen LogP contribution in [0.25, 0.3) is 0 Å². The lowest BCUT2D eigenvalue weighted by Crippen LogP contribution is -2.38. The summed E-state index contributed by atoms with van der Waals surface area (Å²) < 4.78 is 16.9. The molecule has 2 aliphatic heterocycles. The number of anilines is 1. The summed E-state index contributed by atoms with van der Waals surface area (Å²) in [5.41, 5.74) is 0.802. The van der Waals surface area contributed by atoms with Crippen LogP contribution in [0.2, 0.25) is 5.02 Å². The number of rotatable bonds is 10. The number of furan rings is 1. The van der Waals surface area contributed by atoms with Gasteiger partial charge in [0.2, 0.25) is 0 Å². The Balaban J connectivity index is 1.22. The lowest BCUT2D eigenvalue weighted by atomic mass is 10.1. The zero-order chi connectivity index (χ0) is 27.2. The third-order valence-corrected chi connectivity index (χ3v) is 7.09. The number of Topliss-reactive ketones (excluding diaryl/α,β-unsaturated/α-hetero) is 1. The molecule has 204 valence electrons. The molecule has 5 rings (SSSR count). The Morgan fingerprint density at radius 2 is 1.85 bits per heavy atom. The SMILES string of the molecule is O=C(COc1ccccc1Cl)c1ccc2c(c1)N(Cc1ccc(C(=O)NCCN3CCCCC3)o1)C(=O)CO2. The molecule has 2 aliphatic rings. The van der Waals surface area contributed by atoms with Crippen molar-refractivity contribution in [1.29, 1.82) is 0 Å². The lowest BCUT2D eigenvalue weighted by Gasteiger charge is -2.29. The van der Waals surface area contributed by atoms with Crippen LogP contribution in [-0.4, -0.2) is 61.9 Å². The number of carbonyl (C=O) groups is 3. The first kappa shape index (κ1) is 26.8. The maximum Gasteiger partial charge on any atom is 0.287 e. The molecule has 0 bridgehead atoms. The molecule has 0 radical (unpaired) electrons. The van der Waals surface area contributed by atoms with Crippen molar-refractivity contribution in [3.8, 4) is 11.5 Å². The molecule has 0 aliphatic carbocycles. The van der Waals surface area contributed by atoms with Gasteiger partial charge >= 0.3 is 0 Å². The molecule has 0 unspecified atom stereocenters. The van der Waals surface area contributed by atoms with E-state index >= 15 is 0 Å². The second kappa shape index (κ2) is 12.4. The van der Waals surface area contributed by atoms with Crippen LogP contribution in [-0.2, 0) is 11.3 Å². The summed E-state index contributed by atoms with van der Waals surface area (Å²) in [6, 6.07) is 15.1. The molecular weight excluding hydrogens is 522 g/mol. The molecule has 2 amide bonds. The molecule has 39 heavy (non-hydrogen) atoms. The molecular formula is C29H30ClN3O6. The van der Waals surface area contributed by atoms with Gasteiger partial charge in [0.05, 0.1) is 17.3 Å². The molecule has 1 fully saturated rings. The Labute approximate surface area is 231 Å². The van der Waals surface area contributed by atoms with E-state index in [-0.39, 0.29) is 43.1 Å². The van der Waals surface area contributed by atoms with Crippen molar-refractivity contribution in [3.63, 3.8) is 0 Å². The van der Waals surface area contributed by atoms with Crippen LogP contribution in [0.3, 0.4) is 0 Å². The third kappa shape index (κ3) is 6.61. The average Bonchev–Trinajstić information content (AvgIpc) is 3.43. The first-order valence-electron chi connectivity index (χ1n) is 13.0. The Morgan fingerprint density at radius 1 is 1.03 bits per heavy atom. The summed E-state index contributed by atoms with van der Waals surface area (Å²) in [5, 5.41) is 3.31. The number of fused-ring (bicyclic) bond motifs is 1. The number of nitrogens with one attached hydrogen (secondary N) is 1. The number of benzene rings is 2. The van der Waals surface area contributed by atoms with Crippen LogP contribution in [0.4, 0.5) is 5.69 Å². The molecule has 0 saturated carbocycles.